The predicted molar refractivity (Wildman–Crippen MR) is 152 cm³/mol. The summed E-state index contributed by atoms with van der Waals surface area (Å²) in [5, 5.41) is 12.0. The second-order valence-corrected chi connectivity index (χ2v) is 10.3. The number of aromatic hydroxyl groups is 1. The number of ether oxygens (including phenoxy) is 2. The van der Waals surface area contributed by atoms with E-state index in [4.69, 9.17) is 18.9 Å². The molecular formula is C31H26N2O5S. The van der Waals surface area contributed by atoms with Crippen LogP contribution in [0.2, 0.25) is 0 Å². The Morgan fingerprint density at radius 2 is 1.72 bits per heavy atom. The lowest BCUT2D eigenvalue weighted by molar-refractivity contribution is 0.354. The van der Waals surface area contributed by atoms with Crippen molar-refractivity contribution in [2.75, 3.05) is 14.2 Å². The van der Waals surface area contributed by atoms with Gasteiger partial charge in [-0.1, -0.05) is 42.5 Å². The first-order chi connectivity index (χ1) is 19.1. The SMILES string of the molecule is COc1ccc(Cc2nc3sc4c(O)ccc(Cc5ccccc5)c4c3c(=O)n2Cc2ccco2)cc1OC. The number of hydrogen-bond donors (Lipinski definition) is 1. The highest BCUT2D eigenvalue weighted by Gasteiger charge is 2.21. The number of benzene rings is 3. The minimum Gasteiger partial charge on any atom is -0.506 e. The highest BCUT2D eigenvalue weighted by Crippen LogP contribution is 2.40. The predicted octanol–water partition coefficient (Wildman–Crippen LogP) is 6.16. The van der Waals surface area contributed by atoms with E-state index in [0.29, 0.717) is 50.8 Å². The molecule has 8 heteroatoms. The zero-order valence-corrected chi connectivity index (χ0v) is 22.3. The van der Waals surface area contributed by atoms with E-state index in [0.717, 1.165) is 22.1 Å². The molecule has 0 fully saturated rings. The molecule has 0 aliphatic carbocycles. The van der Waals surface area contributed by atoms with E-state index in [2.05, 4.69) is 12.1 Å². The Hall–Kier alpha value is -4.56. The Bertz CT molecular complexity index is 1840. The number of methoxy groups -OCH3 is 2. The van der Waals surface area contributed by atoms with Crippen molar-refractivity contribution in [2.24, 2.45) is 0 Å². The topological polar surface area (TPSA) is 86.7 Å². The van der Waals surface area contributed by atoms with E-state index in [1.807, 2.05) is 48.5 Å². The molecule has 3 aromatic carbocycles. The Kier molecular flexibility index (Phi) is 6.54. The zero-order chi connectivity index (χ0) is 26.9. The van der Waals surface area contributed by atoms with Crippen molar-refractivity contribution in [3.8, 4) is 17.2 Å². The number of nitrogens with zero attached hydrogens (tertiary/aromatic N) is 2. The quantitative estimate of drug-likeness (QED) is 0.250. The maximum atomic E-state index is 14.2. The molecule has 1 N–H and O–H groups in total. The van der Waals surface area contributed by atoms with Crippen LogP contribution in [0.1, 0.15) is 28.3 Å². The molecule has 0 bridgehead atoms. The first-order valence-corrected chi connectivity index (χ1v) is 13.3. The summed E-state index contributed by atoms with van der Waals surface area (Å²) in [4.78, 5) is 19.8. The van der Waals surface area contributed by atoms with Crippen molar-refractivity contribution < 1.29 is 19.0 Å². The lowest BCUT2D eigenvalue weighted by Crippen LogP contribution is -2.25. The first kappa shape index (κ1) is 24.8. The summed E-state index contributed by atoms with van der Waals surface area (Å²) < 4.78 is 18.8. The number of thiophene rings is 1. The molecule has 0 spiro atoms. The van der Waals surface area contributed by atoms with Gasteiger partial charge in [-0.25, -0.2) is 4.98 Å². The average molecular weight is 539 g/mol. The van der Waals surface area contributed by atoms with Gasteiger partial charge in [0, 0.05) is 11.8 Å². The van der Waals surface area contributed by atoms with Crippen molar-refractivity contribution in [2.45, 2.75) is 19.4 Å². The van der Waals surface area contributed by atoms with Gasteiger partial charge in [0.25, 0.3) is 5.56 Å². The lowest BCUT2D eigenvalue weighted by Gasteiger charge is -2.14. The van der Waals surface area contributed by atoms with Gasteiger partial charge in [0.15, 0.2) is 11.5 Å². The van der Waals surface area contributed by atoms with Crippen LogP contribution >= 0.6 is 11.3 Å². The first-order valence-electron chi connectivity index (χ1n) is 12.5. The third kappa shape index (κ3) is 4.64. The van der Waals surface area contributed by atoms with Gasteiger partial charge in [-0.05, 0) is 53.4 Å². The molecule has 0 aliphatic rings. The molecule has 6 aromatic rings. The molecule has 39 heavy (non-hydrogen) atoms. The van der Waals surface area contributed by atoms with Crippen LogP contribution in [0.4, 0.5) is 0 Å². The molecular weight excluding hydrogens is 512 g/mol. The fourth-order valence-corrected chi connectivity index (χ4v) is 6.09. The molecule has 3 aromatic heterocycles. The molecule has 0 aliphatic heterocycles. The second kappa shape index (κ2) is 10.3. The number of phenolic OH excluding ortho intramolecular Hbond substituents is 1. The van der Waals surface area contributed by atoms with Gasteiger partial charge in [0.1, 0.15) is 22.2 Å². The lowest BCUT2D eigenvalue weighted by atomic mass is 10.00. The summed E-state index contributed by atoms with van der Waals surface area (Å²) in [6.07, 6.45) is 2.62. The summed E-state index contributed by atoms with van der Waals surface area (Å²) in [6, 6.07) is 23.0. The fourth-order valence-electron chi connectivity index (χ4n) is 4.94. The summed E-state index contributed by atoms with van der Waals surface area (Å²) in [7, 11) is 3.19. The summed E-state index contributed by atoms with van der Waals surface area (Å²) >= 11 is 1.34. The van der Waals surface area contributed by atoms with Gasteiger partial charge < -0.3 is 19.0 Å². The molecule has 0 atom stereocenters. The van der Waals surface area contributed by atoms with E-state index in [9.17, 15) is 9.90 Å². The minimum atomic E-state index is -0.168. The molecule has 0 unspecified atom stereocenters. The summed E-state index contributed by atoms with van der Waals surface area (Å²) in [6.45, 7) is 0.238. The number of phenols is 1. The molecule has 0 saturated carbocycles. The van der Waals surface area contributed by atoms with Gasteiger partial charge in [0.2, 0.25) is 0 Å². The van der Waals surface area contributed by atoms with E-state index in [1.165, 1.54) is 11.3 Å². The molecule has 0 saturated heterocycles. The molecule has 3 heterocycles. The number of furan rings is 1. The highest BCUT2D eigenvalue weighted by atomic mass is 32.1. The van der Waals surface area contributed by atoms with Gasteiger partial charge in [-0.2, -0.15) is 0 Å². The third-order valence-corrected chi connectivity index (χ3v) is 7.93. The normalized spacial score (nSPS) is 11.3. The van der Waals surface area contributed by atoms with E-state index >= 15 is 0 Å². The fraction of sp³-hybridized carbons (Fsp3) is 0.161. The van der Waals surface area contributed by atoms with Crippen molar-refractivity contribution in [1.82, 2.24) is 9.55 Å². The van der Waals surface area contributed by atoms with E-state index in [-0.39, 0.29) is 17.9 Å². The number of hydrogen-bond acceptors (Lipinski definition) is 7. The largest absolute Gasteiger partial charge is 0.506 e. The van der Waals surface area contributed by atoms with Gasteiger partial charge >= 0.3 is 0 Å². The van der Waals surface area contributed by atoms with Crippen molar-refractivity contribution in [1.29, 1.82) is 0 Å². The van der Waals surface area contributed by atoms with Crippen LogP contribution in [-0.4, -0.2) is 28.9 Å². The molecule has 0 radical (unpaired) electrons. The molecule has 6 rings (SSSR count). The second-order valence-electron chi connectivity index (χ2n) is 9.26. The standard InChI is InChI=1S/C31H26N2O5S/c1-36-24-13-10-20(16-25(24)37-2)17-26-32-30-28(31(35)33(26)18-22-9-6-14-38-22)27-21(11-12-23(34)29(27)39-30)15-19-7-4-3-5-8-19/h3-14,16,34H,15,17-18H2,1-2H3. The molecule has 0 amide bonds. The van der Waals surface area contributed by atoms with E-state index < -0.39 is 0 Å². The van der Waals surface area contributed by atoms with Gasteiger partial charge in [-0.3, -0.25) is 9.36 Å². The van der Waals surface area contributed by atoms with Crippen LogP contribution in [0.15, 0.2) is 88.3 Å². The summed E-state index contributed by atoms with van der Waals surface area (Å²) in [5.74, 6) is 2.62. The van der Waals surface area contributed by atoms with Crippen LogP contribution in [0.5, 0.6) is 17.2 Å². The van der Waals surface area contributed by atoms with Crippen LogP contribution in [0.25, 0.3) is 20.3 Å². The van der Waals surface area contributed by atoms with Crippen LogP contribution in [0, 0.1) is 0 Å². The van der Waals surface area contributed by atoms with Crippen LogP contribution in [0.3, 0.4) is 0 Å². The van der Waals surface area contributed by atoms with E-state index in [1.54, 1.807) is 37.2 Å². The van der Waals surface area contributed by atoms with Gasteiger partial charge in [0.05, 0.1) is 37.1 Å². The average Bonchev–Trinajstić information content (AvgIpc) is 3.61. The number of rotatable bonds is 8. The Morgan fingerprint density at radius 3 is 2.46 bits per heavy atom. The highest BCUT2D eigenvalue weighted by molar-refractivity contribution is 7.25. The maximum Gasteiger partial charge on any atom is 0.263 e. The van der Waals surface area contributed by atoms with Gasteiger partial charge in [-0.15, -0.1) is 11.3 Å². The maximum absolute atomic E-state index is 14.2. The Labute approximate surface area is 228 Å². The number of fused-ring (bicyclic) bond motifs is 3. The third-order valence-electron chi connectivity index (χ3n) is 6.83. The van der Waals surface area contributed by atoms with Crippen LogP contribution in [-0.2, 0) is 19.4 Å². The molecule has 196 valence electrons. The molecule has 7 nitrogen and oxygen atoms in total. The Morgan fingerprint density at radius 1 is 0.897 bits per heavy atom. The zero-order valence-electron chi connectivity index (χ0n) is 21.5. The Balaban J connectivity index is 1.55. The summed E-state index contributed by atoms with van der Waals surface area (Å²) in [5.41, 5.74) is 2.84. The smallest absolute Gasteiger partial charge is 0.263 e. The van der Waals surface area contributed by atoms with Crippen molar-refractivity contribution in [3.63, 3.8) is 0 Å². The van der Waals surface area contributed by atoms with Crippen molar-refractivity contribution in [3.05, 3.63) is 118 Å². The number of aromatic nitrogens is 2. The monoisotopic (exact) mass is 538 g/mol. The minimum absolute atomic E-state index is 0.142. The van der Waals surface area contributed by atoms with Crippen LogP contribution < -0.4 is 15.0 Å². The van der Waals surface area contributed by atoms with Crippen molar-refractivity contribution >= 4 is 31.6 Å².